The van der Waals surface area contributed by atoms with Gasteiger partial charge in [-0.25, -0.2) is 9.78 Å². The van der Waals surface area contributed by atoms with Crippen LogP contribution in [0.25, 0.3) is 33.3 Å². The molecule has 0 radical (unpaired) electrons. The Morgan fingerprint density at radius 3 is 2.02 bits per heavy atom. The van der Waals surface area contributed by atoms with Gasteiger partial charge in [-0.3, -0.25) is 0 Å². The van der Waals surface area contributed by atoms with Crippen LogP contribution in [0.15, 0.2) is 131 Å². The standard InChI is InChI=1S/C37H28N2O2S/c1-3-41-37(40)27-21-19-26(20-22-27)30-23-29(25-17-15-24(2)16-18-25)28-9-8-12-33(36(28)38-30)39-31-10-4-6-13-34(31)42-35-14-7-5-11-32(35)39/h4-23H,3H2,1-2H3. The maximum Gasteiger partial charge on any atom is 0.338 e. The fourth-order valence-electron chi connectivity index (χ4n) is 5.49. The van der Waals surface area contributed by atoms with Gasteiger partial charge < -0.3 is 9.64 Å². The number of aromatic nitrogens is 1. The van der Waals surface area contributed by atoms with E-state index in [1.54, 1.807) is 11.8 Å². The Bertz CT molecular complexity index is 1900. The molecule has 0 bridgehead atoms. The molecule has 5 heteroatoms. The predicted octanol–water partition coefficient (Wildman–Crippen LogP) is 9.99. The molecule has 204 valence electrons. The number of fused-ring (bicyclic) bond motifs is 3. The fourth-order valence-corrected chi connectivity index (χ4v) is 6.55. The zero-order valence-electron chi connectivity index (χ0n) is 23.4. The first kappa shape index (κ1) is 26.1. The first-order valence-corrected chi connectivity index (χ1v) is 14.9. The van der Waals surface area contributed by atoms with Gasteiger partial charge in [0, 0.05) is 20.7 Å². The smallest absolute Gasteiger partial charge is 0.338 e. The van der Waals surface area contributed by atoms with Crippen LogP contribution in [0.1, 0.15) is 22.8 Å². The van der Waals surface area contributed by atoms with E-state index in [9.17, 15) is 4.79 Å². The third kappa shape index (κ3) is 4.62. The third-order valence-electron chi connectivity index (χ3n) is 7.55. The number of pyridine rings is 1. The van der Waals surface area contributed by atoms with Crippen molar-refractivity contribution < 1.29 is 9.53 Å². The third-order valence-corrected chi connectivity index (χ3v) is 8.68. The van der Waals surface area contributed by atoms with Crippen LogP contribution in [0.3, 0.4) is 0 Å². The molecule has 0 fully saturated rings. The van der Waals surface area contributed by atoms with E-state index >= 15 is 0 Å². The van der Waals surface area contributed by atoms with Gasteiger partial charge in [-0.15, -0.1) is 0 Å². The number of hydrogen-bond acceptors (Lipinski definition) is 5. The Morgan fingerprint density at radius 1 is 0.738 bits per heavy atom. The molecule has 6 aromatic rings. The molecule has 0 spiro atoms. The SMILES string of the molecule is CCOC(=O)c1ccc(-c2cc(-c3ccc(C)cc3)c3cccc(N4c5ccccc5Sc5ccccc54)c3n2)cc1. The molecular formula is C37H28N2O2S. The van der Waals surface area contributed by atoms with Gasteiger partial charge in [-0.1, -0.05) is 90.1 Å². The molecule has 42 heavy (non-hydrogen) atoms. The van der Waals surface area contributed by atoms with E-state index in [1.165, 1.54) is 15.4 Å². The molecule has 1 aliphatic heterocycles. The number of aryl methyl sites for hydroxylation is 1. The van der Waals surface area contributed by atoms with Crippen LogP contribution in [0.2, 0.25) is 0 Å². The quantitative estimate of drug-likeness (QED) is 0.195. The van der Waals surface area contributed by atoms with Gasteiger partial charge in [0.1, 0.15) is 0 Å². The van der Waals surface area contributed by atoms with Crippen molar-refractivity contribution in [3.05, 3.63) is 132 Å². The number of para-hydroxylation sites is 3. The summed E-state index contributed by atoms with van der Waals surface area (Å²) in [6.45, 7) is 4.26. The first-order chi connectivity index (χ1) is 20.6. The zero-order valence-corrected chi connectivity index (χ0v) is 24.2. The normalized spacial score (nSPS) is 12.1. The number of nitrogens with zero attached hydrogens (tertiary/aromatic N) is 2. The lowest BCUT2D eigenvalue weighted by Crippen LogP contribution is -2.15. The fraction of sp³-hybridized carbons (Fsp3) is 0.0811. The van der Waals surface area contributed by atoms with Crippen LogP contribution >= 0.6 is 11.8 Å². The van der Waals surface area contributed by atoms with E-state index < -0.39 is 0 Å². The summed E-state index contributed by atoms with van der Waals surface area (Å²) in [6, 6.07) is 41.8. The lowest BCUT2D eigenvalue weighted by atomic mass is 9.96. The topological polar surface area (TPSA) is 42.4 Å². The highest BCUT2D eigenvalue weighted by Crippen LogP contribution is 2.52. The molecule has 1 aliphatic rings. The molecular weight excluding hydrogens is 536 g/mol. The van der Waals surface area contributed by atoms with E-state index in [0.29, 0.717) is 12.2 Å². The predicted molar refractivity (Wildman–Crippen MR) is 172 cm³/mol. The van der Waals surface area contributed by atoms with Crippen molar-refractivity contribution in [3.8, 4) is 22.4 Å². The van der Waals surface area contributed by atoms with Crippen molar-refractivity contribution in [2.24, 2.45) is 0 Å². The Labute approximate surface area is 249 Å². The van der Waals surface area contributed by atoms with E-state index in [-0.39, 0.29) is 5.97 Å². The molecule has 0 amide bonds. The molecule has 0 saturated heterocycles. The average molecular weight is 565 g/mol. The second-order valence-electron chi connectivity index (χ2n) is 10.3. The van der Waals surface area contributed by atoms with Crippen molar-refractivity contribution in [1.82, 2.24) is 4.98 Å². The maximum absolute atomic E-state index is 12.3. The van der Waals surface area contributed by atoms with Crippen LogP contribution in [0.4, 0.5) is 17.1 Å². The Balaban J connectivity index is 1.48. The van der Waals surface area contributed by atoms with Crippen LogP contribution in [0.5, 0.6) is 0 Å². The minimum atomic E-state index is -0.321. The molecule has 5 aromatic carbocycles. The van der Waals surface area contributed by atoms with Crippen LogP contribution in [-0.2, 0) is 4.74 Å². The average Bonchev–Trinajstić information content (AvgIpc) is 3.03. The van der Waals surface area contributed by atoms with Crippen LogP contribution in [-0.4, -0.2) is 17.6 Å². The number of rotatable bonds is 5. The van der Waals surface area contributed by atoms with Gasteiger partial charge >= 0.3 is 5.97 Å². The molecule has 4 nitrogen and oxygen atoms in total. The number of ether oxygens (including phenoxy) is 1. The van der Waals surface area contributed by atoms with E-state index in [4.69, 9.17) is 9.72 Å². The van der Waals surface area contributed by atoms with Gasteiger partial charge in [0.25, 0.3) is 0 Å². The molecule has 0 atom stereocenters. The van der Waals surface area contributed by atoms with Gasteiger partial charge in [-0.2, -0.15) is 0 Å². The summed E-state index contributed by atoms with van der Waals surface area (Å²) >= 11 is 1.79. The molecule has 2 heterocycles. The van der Waals surface area contributed by atoms with Crippen LogP contribution < -0.4 is 4.90 Å². The summed E-state index contributed by atoms with van der Waals surface area (Å²) in [5.41, 5.74) is 9.96. The Hall–Kier alpha value is -4.87. The number of hydrogen-bond donors (Lipinski definition) is 0. The number of anilines is 3. The van der Waals surface area contributed by atoms with Gasteiger partial charge in [0.15, 0.2) is 0 Å². The summed E-state index contributed by atoms with van der Waals surface area (Å²) in [4.78, 5) is 22.4. The van der Waals surface area contributed by atoms with Crippen molar-refractivity contribution in [2.75, 3.05) is 11.5 Å². The summed E-state index contributed by atoms with van der Waals surface area (Å²) in [5, 5.41) is 1.08. The summed E-state index contributed by atoms with van der Waals surface area (Å²) in [5.74, 6) is -0.321. The van der Waals surface area contributed by atoms with Gasteiger partial charge in [0.2, 0.25) is 0 Å². The molecule has 0 unspecified atom stereocenters. The molecule has 1 aromatic heterocycles. The second-order valence-corrected chi connectivity index (χ2v) is 11.3. The van der Waals surface area contributed by atoms with Crippen molar-refractivity contribution in [1.29, 1.82) is 0 Å². The van der Waals surface area contributed by atoms with Gasteiger partial charge in [-0.05, 0) is 73.5 Å². The van der Waals surface area contributed by atoms with E-state index in [1.807, 2.05) is 31.2 Å². The molecule has 0 N–H and O–H groups in total. The number of esters is 1. The minimum absolute atomic E-state index is 0.321. The summed E-state index contributed by atoms with van der Waals surface area (Å²) in [6.07, 6.45) is 0. The highest BCUT2D eigenvalue weighted by atomic mass is 32.2. The van der Waals surface area contributed by atoms with Crippen molar-refractivity contribution in [3.63, 3.8) is 0 Å². The number of carbonyl (C=O) groups is 1. The largest absolute Gasteiger partial charge is 0.462 e. The lowest BCUT2D eigenvalue weighted by molar-refractivity contribution is 0.0526. The summed E-state index contributed by atoms with van der Waals surface area (Å²) in [7, 11) is 0. The molecule has 7 rings (SSSR count). The van der Waals surface area contributed by atoms with Crippen molar-refractivity contribution in [2.45, 2.75) is 23.6 Å². The second kappa shape index (κ2) is 10.8. The highest BCUT2D eigenvalue weighted by Gasteiger charge is 2.26. The van der Waals surface area contributed by atoms with E-state index in [0.717, 1.165) is 50.3 Å². The Kier molecular flexibility index (Phi) is 6.73. The number of benzene rings is 5. The zero-order chi connectivity index (χ0) is 28.6. The highest BCUT2D eigenvalue weighted by molar-refractivity contribution is 7.99. The Morgan fingerprint density at radius 2 is 1.36 bits per heavy atom. The monoisotopic (exact) mass is 564 g/mol. The molecule has 0 saturated carbocycles. The minimum Gasteiger partial charge on any atom is -0.462 e. The maximum atomic E-state index is 12.3. The number of carbonyl (C=O) groups excluding carboxylic acids is 1. The first-order valence-electron chi connectivity index (χ1n) is 14.0. The summed E-state index contributed by atoms with van der Waals surface area (Å²) < 4.78 is 5.20. The van der Waals surface area contributed by atoms with Crippen LogP contribution in [0, 0.1) is 6.92 Å². The van der Waals surface area contributed by atoms with Crippen molar-refractivity contribution >= 4 is 45.7 Å². The lowest BCUT2D eigenvalue weighted by Gasteiger charge is -2.33. The van der Waals surface area contributed by atoms with E-state index in [2.05, 4.69) is 109 Å². The molecule has 0 aliphatic carbocycles. The van der Waals surface area contributed by atoms with Gasteiger partial charge in [0.05, 0.1) is 40.4 Å².